The molecule has 0 unspecified atom stereocenters. The van der Waals surface area contributed by atoms with Gasteiger partial charge in [-0.25, -0.2) is 8.42 Å². The number of nitrogens with two attached hydrogens (primary N) is 1. The average molecular weight is 296 g/mol. The highest BCUT2D eigenvalue weighted by atomic mass is 32.2. The SMILES string of the molecule is Nc1[nH]ncc1S(=O)(=O)N1CC=C(C(F)(F)F)CC1. The van der Waals surface area contributed by atoms with E-state index in [1.54, 1.807) is 0 Å². The van der Waals surface area contributed by atoms with Crippen molar-refractivity contribution in [2.75, 3.05) is 18.8 Å². The average Bonchev–Trinajstić information content (AvgIpc) is 2.75. The van der Waals surface area contributed by atoms with Crippen LogP contribution >= 0.6 is 0 Å². The van der Waals surface area contributed by atoms with Gasteiger partial charge in [-0.15, -0.1) is 0 Å². The number of halogens is 3. The molecule has 1 aliphatic rings. The second-order valence-electron chi connectivity index (χ2n) is 3.99. The van der Waals surface area contributed by atoms with Crippen LogP contribution < -0.4 is 5.73 Å². The van der Waals surface area contributed by atoms with E-state index in [4.69, 9.17) is 5.73 Å². The Morgan fingerprint density at radius 2 is 2.11 bits per heavy atom. The highest BCUT2D eigenvalue weighted by molar-refractivity contribution is 7.89. The molecule has 3 N–H and O–H groups in total. The Morgan fingerprint density at radius 3 is 2.53 bits per heavy atom. The van der Waals surface area contributed by atoms with Crippen molar-refractivity contribution in [1.82, 2.24) is 14.5 Å². The molecule has 0 aliphatic carbocycles. The van der Waals surface area contributed by atoms with Crippen LogP contribution in [0.4, 0.5) is 19.0 Å². The maximum atomic E-state index is 12.4. The molecule has 19 heavy (non-hydrogen) atoms. The second-order valence-corrected chi connectivity index (χ2v) is 5.89. The molecule has 1 aromatic heterocycles. The molecule has 0 aromatic carbocycles. The Morgan fingerprint density at radius 1 is 1.42 bits per heavy atom. The van der Waals surface area contributed by atoms with Crippen LogP contribution in [0.3, 0.4) is 0 Å². The summed E-state index contributed by atoms with van der Waals surface area (Å²) in [5.41, 5.74) is 4.70. The lowest BCUT2D eigenvalue weighted by atomic mass is 10.1. The second kappa shape index (κ2) is 4.53. The Labute approximate surface area is 107 Å². The molecule has 0 spiro atoms. The Bertz CT molecular complexity index is 605. The minimum atomic E-state index is -4.41. The number of sulfonamides is 1. The Balaban J connectivity index is 2.23. The quantitative estimate of drug-likeness (QED) is 0.792. The fraction of sp³-hybridized carbons (Fsp3) is 0.444. The van der Waals surface area contributed by atoms with E-state index in [2.05, 4.69) is 10.2 Å². The molecule has 1 aliphatic heterocycles. The van der Waals surface area contributed by atoms with Crippen molar-refractivity contribution in [3.05, 3.63) is 17.8 Å². The number of nitrogens with one attached hydrogen (secondary N) is 1. The van der Waals surface area contributed by atoms with E-state index in [0.29, 0.717) is 0 Å². The van der Waals surface area contributed by atoms with Crippen molar-refractivity contribution >= 4 is 15.8 Å². The summed E-state index contributed by atoms with van der Waals surface area (Å²) >= 11 is 0. The smallest absolute Gasteiger partial charge is 0.383 e. The lowest BCUT2D eigenvalue weighted by molar-refractivity contribution is -0.0953. The van der Waals surface area contributed by atoms with Crippen LogP contribution in [0.15, 0.2) is 22.7 Å². The van der Waals surface area contributed by atoms with Gasteiger partial charge in [0.25, 0.3) is 0 Å². The lowest BCUT2D eigenvalue weighted by Crippen LogP contribution is -2.36. The summed E-state index contributed by atoms with van der Waals surface area (Å²) in [4.78, 5) is -0.226. The minimum absolute atomic E-state index is 0.134. The van der Waals surface area contributed by atoms with Crippen molar-refractivity contribution < 1.29 is 21.6 Å². The maximum Gasteiger partial charge on any atom is 0.412 e. The van der Waals surface area contributed by atoms with E-state index in [0.717, 1.165) is 16.6 Å². The lowest BCUT2D eigenvalue weighted by Gasteiger charge is -2.26. The minimum Gasteiger partial charge on any atom is -0.383 e. The Hall–Kier alpha value is -1.55. The predicted octanol–water partition coefficient (Wildman–Crippen LogP) is 0.875. The number of nitrogens with zero attached hydrogens (tertiary/aromatic N) is 2. The van der Waals surface area contributed by atoms with Crippen LogP contribution in [-0.2, 0) is 10.0 Å². The maximum absolute atomic E-state index is 12.4. The number of hydrogen-bond acceptors (Lipinski definition) is 4. The third-order valence-corrected chi connectivity index (χ3v) is 4.68. The molecule has 0 saturated carbocycles. The molecule has 0 radical (unpaired) electrons. The van der Waals surface area contributed by atoms with Gasteiger partial charge in [0.15, 0.2) is 0 Å². The first-order chi connectivity index (χ1) is 8.73. The van der Waals surface area contributed by atoms with E-state index in [1.165, 1.54) is 0 Å². The van der Waals surface area contributed by atoms with Crippen molar-refractivity contribution in [3.8, 4) is 0 Å². The number of nitrogen functional groups attached to an aromatic ring is 1. The molecule has 0 bridgehead atoms. The van der Waals surface area contributed by atoms with E-state index in [-0.39, 0.29) is 30.2 Å². The van der Waals surface area contributed by atoms with Crippen LogP contribution in [0, 0.1) is 0 Å². The molecule has 10 heteroatoms. The van der Waals surface area contributed by atoms with Gasteiger partial charge in [0, 0.05) is 18.7 Å². The number of alkyl halides is 3. The fourth-order valence-corrected chi connectivity index (χ4v) is 3.15. The summed E-state index contributed by atoms with van der Waals surface area (Å²) in [7, 11) is -3.92. The number of H-pyrrole nitrogens is 1. The molecule has 0 atom stereocenters. The van der Waals surface area contributed by atoms with Gasteiger partial charge in [-0.05, 0) is 6.42 Å². The summed E-state index contributed by atoms with van der Waals surface area (Å²) in [6, 6.07) is 0. The number of aromatic nitrogens is 2. The predicted molar refractivity (Wildman–Crippen MR) is 60.5 cm³/mol. The molecule has 0 saturated heterocycles. The molecule has 2 heterocycles. The summed E-state index contributed by atoms with van der Waals surface area (Å²) in [5, 5.41) is 5.76. The van der Waals surface area contributed by atoms with Gasteiger partial charge in [-0.1, -0.05) is 6.08 Å². The van der Waals surface area contributed by atoms with Gasteiger partial charge in [0.1, 0.15) is 10.7 Å². The number of hydrogen-bond donors (Lipinski definition) is 2. The first-order valence-corrected chi connectivity index (χ1v) is 6.72. The van der Waals surface area contributed by atoms with Crippen molar-refractivity contribution in [1.29, 1.82) is 0 Å². The van der Waals surface area contributed by atoms with E-state index in [1.807, 2.05) is 0 Å². The van der Waals surface area contributed by atoms with Gasteiger partial charge in [-0.2, -0.15) is 22.6 Å². The standard InChI is InChI=1S/C9H11F3N4O2S/c10-9(11,12)6-1-3-16(4-2-6)19(17,18)7-5-14-15-8(7)13/h1,5H,2-4H2,(H3,13,14,15). The molecule has 0 amide bonds. The summed E-state index contributed by atoms with van der Waals surface area (Å²) in [6.45, 7) is -0.569. The first-order valence-electron chi connectivity index (χ1n) is 5.28. The molecule has 2 rings (SSSR count). The molecule has 0 fully saturated rings. The van der Waals surface area contributed by atoms with E-state index >= 15 is 0 Å². The van der Waals surface area contributed by atoms with Crippen LogP contribution in [0.2, 0.25) is 0 Å². The molecule has 106 valence electrons. The van der Waals surface area contributed by atoms with Crippen LogP contribution in [0.25, 0.3) is 0 Å². The van der Waals surface area contributed by atoms with E-state index in [9.17, 15) is 21.6 Å². The van der Waals surface area contributed by atoms with Crippen molar-refractivity contribution in [2.24, 2.45) is 0 Å². The van der Waals surface area contributed by atoms with Crippen LogP contribution in [0.5, 0.6) is 0 Å². The Kier molecular flexibility index (Phi) is 3.31. The highest BCUT2D eigenvalue weighted by Crippen LogP contribution is 2.32. The van der Waals surface area contributed by atoms with Gasteiger partial charge in [-0.3, -0.25) is 5.10 Å². The van der Waals surface area contributed by atoms with Gasteiger partial charge in [0.2, 0.25) is 10.0 Å². The molecule has 6 nitrogen and oxygen atoms in total. The van der Waals surface area contributed by atoms with Crippen molar-refractivity contribution in [2.45, 2.75) is 17.5 Å². The largest absolute Gasteiger partial charge is 0.412 e. The van der Waals surface area contributed by atoms with Gasteiger partial charge in [0.05, 0.1) is 6.20 Å². The zero-order chi connectivity index (χ0) is 14.3. The molecular formula is C9H11F3N4O2S. The normalized spacial score (nSPS) is 18.4. The third kappa shape index (κ3) is 2.59. The molecular weight excluding hydrogens is 285 g/mol. The van der Waals surface area contributed by atoms with Gasteiger partial charge < -0.3 is 5.73 Å². The third-order valence-electron chi connectivity index (χ3n) is 2.79. The zero-order valence-corrected chi connectivity index (χ0v) is 10.4. The number of anilines is 1. The van der Waals surface area contributed by atoms with Crippen LogP contribution in [0.1, 0.15) is 6.42 Å². The number of aromatic amines is 1. The number of rotatable bonds is 2. The molecule has 1 aromatic rings. The van der Waals surface area contributed by atoms with Crippen LogP contribution in [-0.4, -0.2) is 42.2 Å². The summed E-state index contributed by atoms with van der Waals surface area (Å²) in [5.74, 6) is -0.134. The monoisotopic (exact) mass is 296 g/mol. The van der Waals surface area contributed by atoms with Gasteiger partial charge >= 0.3 is 6.18 Å². The highest BCUT2D eigenvalue weighted by Gasteiger charge is 2.37. The fourth-order valence-electron chi connectivity index (χ4n) is 1.76. The van der Waals surface area contributed by atoms with E-state index < -0.39 is 21.8 Å². The topological polar surface area (TPSA) is 92.1 Å². The summed E-state index contributed by atoms with van der Waals surface area (Å²) < 4.78 is 62.4. The first kappa shape index (κ1) is 13.9. The summed E-state index contributed by atoms with van der Waals surface area (Å²) in [6.07, 6.45) is -2.88. The van der Waals surface area contributed by atoms with Crippen molar-refractivity contribution in [3.63, 3.8) is 0 Å². The zero-order valence-electron chi connectivity index (χ0n) is 9.61.